The van der Waals surface area contributed by atoms with Gasteiger partial charge in [0.2, 0.25) is 23.6 Å². The number of amides is 4. The largest absolute Gasteiger partial charge is 0.460 e. The molecule has 0 radical (unpaired) electrons. The van der Waals surface area contributed by atoms with Gasteiger partial charge in [-0.15, -0.1) is 0 Å². The van der Waals surface area contributed by atoms with E-state index in [0.717, 1.165) is 62.5 Å². The summed E-state index contributed by atoms with van der Waals surface area (Å²) in [7, 11) is 1.68. The fourth-order valence-corrected chi connectivity index (χ4v) is 8.44. The van der Waals surface area contributed by atoms with Gasteiger partial charge in [-0.3, -0.25) is 38.7 Å². The highest BCUT2D eigenvalue weighted by molar-refractivity contribution is 5.90. The van der Waals surface area contributed by atoms with E-state index in [2.05, 4.69) is 20.9 Å². The first-order valence-corrected chi connectivity index (χ1v) is 22.6. The number of nitrogens with one attached hydrogen (secondary N) is 3. The molecule has 0 unspecified atom stereocenters. The van der Waals surface area contributed by atoms with Crippen LogP contribution in [0.2, 0.25) is 0 Å². The molecule has 3 N–H and O–H groups in total. The van der Waals surface area contributed by atoms with Crippen LogP contribution in [0.3, 0.4) is 0 Å². The molecule has 1 aliphatic heterocycles. The summed E-state index contributed by atoms with van der Waals surface area (Å²) in [6.45, 7) is 6.96. The van der Waals surface area contributed by atoms with E-state index >= 15 is 0 Å². The van der Waals surface area contributed by atoms with Gasteiger partial charge < -0.3 is 39.8 Å². The molecule has 2 aromatic rings. The first kappa shape index (κ1) is 49.1. The first-order valence-electron chi connectivity index (χ1n) is 22.6. The number of pyridine rings is 1. The van der Waals surface area contributed by atoms with Gasteiger partial charge in [0.05, 0.1) is 49.8 Å². The van der Waals surface area contributed by atoms with E-state index in [0.29, 0.717) is 32.6 Å². The average Bonchev–Trinajstić information content (AvgIpc) is 3.56. The highest BCUT2D eigenvalue weighted by atomic mass is 16.6. The van der Waals surface area contributed by atoms with E-state index in [1.807, 2.05) is 57.2 Å². The summed E-state index contributed by atoms with van der Waals surface area (Å²) in [6.07, 6.45) is 11.0. The van der Waals surface area contributed by atoms with Crippen molar-refractivity contribution in [2.45, 2.75) is 128 Å². The van der Waals surface area contributed by atoms with Crippen molar-refractivity contribution in [2.24, 2.45) is 11.8 Å². The zero-order valence-corrected chi connectivity index (χ0v) is 37.5. The average molecular weight is 877 g/mol. The van der Waals surface area contributed by atoms with Crippen LogP contribution in [-0.2, 0) is 54.3 Å². The van der Waals surface area contributed by atoms with E-state index in [-0.39, 0.29) is 93.0 Å². The Morgan fingerprint density at radius 3 is 2.19 bits per heavy atom. The summed E-state index contributed by atoms with van der Waals surface area (Å²) in [4.78, 5) is 84.2. The van der Waals surface area contributed by atoms with Gasteiger partial charge in [0.1, 0.15) is 12.2 Å². The SMILES string of the molecule is CN1C(=O)C[C@H](C(=O)NCCN(CC(=O)NCCOC2CCC(OCCCC(=O)NC3CCC(C(=O)OC(C)(C)C)CC3)CC2)CC(=O)OCc2ccccc2)[C@H]1c1cccnc1. The van der Waals surface area contributed by atoms with Crippen molar-refractivity contribution in [3.05, 3.63) is 66.0 Å². The van der Waals surface area contributed by atoms with E-state index in [9.17, 15) is 28.8 Å². The number of likely N-dealkylation sites (tertiary alicyclic amines) is 1. The maximum Gasteiger partial charge on any atom is 0.320 e. The highest BCUT2D eigenvalue weighted by Crippen LogP contribution is 2.36. The lowest BCUT2D eigenvalue weighted by Crippen LogP contribution is -2.45. The monoisotopic (exact) mass is 876 g/mol. The van der Waals surface area contributed by atoms with Crippen LogP contribution in [-0.4, -0.2) is 127 Å². The maximum absolute atomic E-state index is 13.4. The summed E-state index contributed by atoms with van der Waals surface area (Å²) in [5.74, 6) is -2.05. The predicted molar refractivity (Wildman–Crippen MR) is 233 cm³/mol. The molecule has 16 nitrogen and oxygen atoms in total. The Hall–Kier alpha value is -4.93. The first-order chi connectivity index (χ1) is 30.2. The number of carbonyl (C=O) groups is 6. The number of carbonyl (C=O) groups excluding carboxylic acids is 6. The smallest absolute Gasteiger partial charge is 0.320 e. The Morgan fingerprint density at radius 1 is 0.825 bits per heavy atom. The Balaban J connectivity index is 0.955. The van der Waals surface area contributed by atoms with Crippen LogP contribution in [0.4, 0.5) is 0 Å². The molecule has 63 heavy (non-hydrogen) atoms. The molecule has 346 valence electrons. The summed E-state index contributed by atoms with van der Waals surface area (Å²) in [5, 5.41) is 8.92. The molecule has 2 heterocycles. The number of rotatable bonds is 22. The summed E-state index contributed by atoms with van der Waals surface area (Å²) >= 11 is 0. The van der Waals surface area contributed by atoms with E-state index in [4.69, 9.17) is 18.9 Å². The van der Waals surface area contributed by atoms with Gasteiger partial charge in [-0.1, -0.05) is 36.4 Å². The zero-order chi connectivity index (χ0) is 45.2. The number of aromatic nitrogens is 1. The fraction of sp³-hybridized carbons (Fsp3) is 0.638. The van der Waals surface area contributed by atoms with Crippen molar-refractivity contribution in [3.8, 4) is 0 Å². The van der Waals surface area contributed by atoms with Crippen LogP contribution in [0.25, 0.3) is 0 Å². The normalized spacial score (nSPS) is 22.6. The lowest BCUT2D eigenvalue weighted by molar-refractivity contribution is -0.161. The summed E-state index contributed by atoms with van der Waals surface area (Å²) in [6, 6.07) is 12.6. The van der Waals surface area contributed by atoms with Crippen LogP contribution in [0.5, 0.6) is 0 Å². The zero-order valence-electron chi connectivity index (χ0n) is 37.5. The Bertz CT molecular complexity index is 1780. The van der Waals surface area contributed by atoms with Crippen molar-refractivity contribution in [1.82, 2.24) is 30.7 Å². The van der Waals surface area contributed by atoms with Gasteiger partial charge in [0, 0.05) is 64.6 Å². The van der Waals surface area contributed by atoms with Gasteiger partial charge in [-0.2, -0.15) is 0 Å². The van der Waals surface area contributed by atoms with E-state index in [1.165, 1.54) is 0 Å². The second-order valence-electron chi connectivity index (χ2n) is 17.9. The molecule has 1 aromatic heterocycles. The van der Waals surface area contributed by atoms with E-state index < -0.39 is 23.5 Å². The van der Waals surface area contributed by atoms with Crippen molar-refractivity contribution >= 4 is 35.6 Å². The number of ether oxygens (including phenoxy) is 4. The predicted octanol–water partition coefficient (Wildman–Crippen LogP) is 4.02. The minimum Gasteiger partial charge on any atom is -0.460 e. The molecule has 16 heteroatoms. The molecular formula is C47H68N6O10. The van der Waals surface area contributed by atoms with Gasteiger partial charge in [0.15, 0.2) is 0 Å². The summed E-state index contributed by atoms with van der Waals surface area (Å²) < 4.78 is 23.2. The quantitative estimate of drug-likeness (QED) is 0.114. The van der Waals surface area contributed by atoms with Crippen LogP contribution < -0.4 is 16.0 Å². The lowest BCUT2D eigenvalue weighted by Gasteiger charge is -2.30. The van der Waals surface area contributed by atoms with Gasteiger partial charge in [-0.25, -0.2) is 0 Å². The number of esters is 2. The van der Waals surface area contributed by atoms with Crippen molar-refractivity contribution in [2.75, 3.05) is 53.0 Å². The number of benzene rings is 1. The Morgan fingerprint density at radius 2 is 1.52 bits per heavy atom. The van der Waals surface area contributed by atoms with Crippen LogP contribution >= 0.6 is 0 Å². The molecule has 5 rings (SSSR count). The van der Waals surface area contributed by atoms with Crippen LogP contribution in [0.1, 0.15) is 109 Å². The molecule has 3 fully saturated rings. The van der Waals surface area contributed by atoms with Crippen molar-refractivity contribution in [1.29, 1.82) is 0 Å². The second-order valence-corrected chi connectivity index (χ2v) is 17.9. The standard InChI is InChI=1S/C47H68N6O10/c1-47(2,3)63-46(59)34-14-16-36(17-15-34)51-40(54)13-9-26-60-37-18-20-38(21-19-37)61-27-24-49-41(55)30-53(31-43(57)62-32-33-10-6-5-7-11-33)25-23-50-45(58)39-28-42(56)52(4)44(39)35-12-8-22-48-29-35/h5-8,10-12,22,29,34,36-39,44H,9,13-21,23-28,30-32H2,1-4H3,(H,49,55)(H,50,58)(H,51,54)/t34?,36?,37?,38?,39-,44+/m0/s1. The molecule has 3 aliphatic rings. The third-order valence-electron chi connectivity index (χ3n) is 11.8. The number of hydrogen-bond acceptors (Lipinski definition) is 12. The number of hydrogen-bond donors (Lipinski definition) is 3. The third-order valence-corrected chi connectivity index (χ3v) is 11.8. The highest BCUT2D eigenvalue weighted by Gasteiger charge is 2.42. The summed E-state index contributed by atoms with van der Waals surface area (Å²) in [5.41, 5.74) is 1.12. The lowest BCUT2D eigenvalue weighted by atomic mass is 9.86. The van der Waals surface area contributed by atoms with Crippen molar-refractivity contribution in [3.63, 3.8) is 0 Å². The van der Waals surface area contributed by atoms with Gasteiger partial charge >= 0.3 is 11.9 Å². The van der Waals surface area contributed by atoms with Gasteiger partial charge in [0.25, 0.3) is 0 Å². The Labute approximate surface area is 371 Å². The minimum absolute atomic E-state index is 0.0179. The second kappa shape index (κ2) is 24.8. The van der Waals surface area contributed by atoms with E-state index in [1.54, 1.807) is 35.3 Å². The molecule has 0 spiro atoms. The topological polar surface area (TPSA) is 195 Å². The van der Waals surface area contributed by atoms with Crippen LogP contribution in [0, 0.1) is 11.8 Å². The molecule has 1 aromatic carbocycles. The Kier molecular flexibility index (Phi) is 19.3. The van der Waals surface area contributed by atoms with Gasteiger partial charge in [-0.05, 0) is 95.8 Å². The number of nitrogens with zero attached hydrogens (tertiary/aromatic N) is 3. The molecule has 1 saturated heterocycles. The molecule has 2 atom stereocenters. The molecule has 0 bridgehead atoms. The molecule has 2 aliphatic carbocycles. The molecule has 4 amide bonds. The molecule has 2 saturated carbocycles. The fourth-order valence-electron chi connectivity index (χ4n) is 8.44. The van der Waals surface area contributed by atoms with Crippen LogP contribution in [0.15, 0.2) is 54.9 Å². The third kappa shape index (κ3) is 16.9. The van der Waals surface area contributed by atoms with Crippen molar-refractivity contribution < 1.29 is 47.7 Å². The maximum atomic E-state index is 13.4. The minimum atomic E-state index is -0.608. The molecular weight excluding hydrogens is 809 g/mol.